The third kappa shape index (κ3) is 6.00. The molecule has 0 aromatic heterocycles. The Hall–Kier alpha value is 2.11. The van der Waals surface area contributed by atoms with Crippen LogP contribution in [0.15, 0.2) is 0 Å². The van der Waals surface area contributed by atoms with Crippen LogP contribution < -0.4 is 0 Å². The average molecular weight is 601 g/mol. The average Bonchev–Trinajstić information content (AvgIpc) is 2.79. The summed E-state index contributed by atoms with van der Waals surface area (Å²) in [5, 5.41) is 4.88. The maximum absolute atomic E-state index is 4.88. The number of hydrogen-bond acceptors (Lipinski definition) is 0. The zero-order valence-electron chi connectivity index (χ0n) is 8.33. The Morgan fingerprint density at radius 2 is 1.07 bits per heavy atom. The van der Waals surface area contributed by atoms with Crippen LogP contribution in [0, 0.1) is 0 Å². The van der Waals surface area contributed by atoms with E-state index < -0.39 is 0 Å². The van der Waals surface area contributed by atoms with Crippen molar-refractivity contribution in [2.24, 2.45) is 0 Å². The minimum atomic E-state index is 0.523. The van der Waals surface area contributed by atoms with E-state index in [9.17, 15) is 0 Å². The summed E-state index contributed by atoms with van der Waals surface area (Å²) in [6, 6.07) is 1.52. The molecular formula is C10H18I2NPt-. The quantitative estimate of drug-likeness (QED) is 0.396. The number of nitrogens with zero attached hydrogens (tertiary/aromatic N) is 1. The first-order chi connectivity index (χ1) is 6.86. The molecule has 0 bridgehead atoms. The van der Waals surface area contributed by atoms with Gasteiger partial charge in [-0.25, -0.2) is 0 Å². The molecule has 0 amide bonds. The molecule has 2 saturated carbocycles. The Kier molecular flexibility index (Phi) is 9.28. The van der Waals surface area contributed by atoms with Crippen LogP contribution in [-0.2, 0) is 11.2 Å². The van der Waals surface area contributed by atoms with Crippen molar-refractivity contribution in [2.75, 3.05) is 0 Å². The van der Waals surface area contributed by atoms with Gasteiger partial charge in [-0.2, -0.15) is 0 Å². The number of hydrogen-bond donors (Lipinski definition) is 0. The summed E-state index contributed by atoms with van der Waals surface area (Å²) < 4.78 is 0. The third-order valence-corrected chi connectivity index (χ3v) is 3.07. The van der Waals surface area contributed by atoms with Crippen LogP contribution in [0.2, 0.25) is 0 Å². The second-order valence-corrected chi connectivity index (χ2v) is 20.7. The van der Waals surface area contributed by atoms with Crippen molar-refractivity contribution in [3.05, 3.63) is 5.32 Å². The van der Waals surface area contributed by atoms with Gasteiger partial charge in [0, 0.05) is 0 Å². The zero-order valence-corrected chi connectivity index (χ0v) is 14.9. The Morgan fingerprint density at radius 1 is 0.786 bits per heavy atom. The van der Waals surface area contributed by atoms with Crippen LogP contribution in [-0.4, -0.2) is 12.1 Å². The van der Waals surface area contributed by atoms with Gasteiger partial charge in [0.25, 0.3) is 0 Å². The molecule has 2 aliphatic carbocycles. The van der Waals surface area contributed by atoms with E-state index >= 15 is 0 Å². The van der Waals surface area contributed by atoms with E-state index in [0.29, 0.717) is 11.2 Å². The fraction of sp³-hybridized carbons (Fsp3) is 1.00. The van der Waals surface area contributed by atoms with Crippen molar-refractivity contribution in [1.29, 1.82) is 0 Å². The molecule has 4 heteroatoms. The molecule has 0 saturated heterocycles. The minimum absolute atomic E-state index is 0.523. The van der Waals surface area contributed by atoms with E-state index in [1.807, 2.05) is 0 Å². The molecule has 1 nitrogen and oxygen atoms in total. The van der Waals surface area contributed by atoms with E-state index in [-0.39, 0.29) is 0 Å². The summed E-state index contributed by atoms with van der Waals surface area (Å²) in [4.78, 5) is 0. The summed E-state index contributed by atoms with van der Waals surface area (Å²) in [6.07, 6.45) is 11.3. The van der Waals surface area contributed by atoms with Crippen molar-refractivity contribution in [1.82, 2.24) is 0 Å². The van der Waals surface area contributed by atoms with Crippen molar-refractivity contribution >= 4 is 38.7 Å². The molecule has 0 aliphatic heterocycles. The van der Waals surface area contributed by atoms with E-state index in [1.54, 1.807) is 0 Å². The van der Waals surface area contributed by atoms with E-state index in [1.165, 1.54) is 51.4 Å². The fourth-order valence-electron chi connectivity index (χ4n) is 2.40. The molecule has 0 unspecified atom stereocenters. The predicted octanol–water partition coefficient (Wildman–Crippen LogP) is 5.01. The third-order valence-electron chi connectivity index (χ3n) is 3.07. The summed E-state index contributed by atoms with van der Waals surface area (Å²) in [5.41, 5.74) is 0. The molecule has 0 radical (unpaired) electrons. The Labute approximate surface area is 117 Å². The zero-order chi connectivity index (χ0) is 10.2. The van der Waals surface area contributed by atoms with Crippen LogP contribution in [0.4, 0.5) is 0 Å². The van der Waals surface area contributed by atoms with Gasteiger partial charge < -0.3 is 5.32 Å². The molecule has 88 valence electrons. The molecule has 14 heavy (non-hydrogen) atoms. The molecule has 0 aromatic rings. The monoisotopic (exact) mass is 601 g/mol. The van der Waals surface area contributed by atoms with E-state index in [4.69, 9.17) is 5.32 Å². The van der Waals surface area contributed by atoms with Crippen LogP contribution in [0.25, 0.3) is 5.32 Å². The molecule has 0 heterocycles. The molecule has 2 fully saturated rings. The molecule has 0 atom stereocenters. The Morgan fingerprint density at radius 3 is 1.36 bits per heavy atom. The van der Waals surface area contributed by atoms with Crippen molar-refractivity contribution < 1.29 is 11.2 Å². The van der Waals surface area contributed by atoms with E-state index in [0.717, 1.165) is 12.1 Å². The Balaban J connectivity index is 0.000000293. The first-order valence-electron chi connectivity index (χ1n) is 5.39. The summed E-state index contributed by atoms with van der Waals surface area (Å²) in [5.74, 6) is 0. The molecular weight excluding hydrogens is 583 g/mol. The normalized spacial score (nSPS) is 23.9. The second-order valence-electron chi connectivity index (χ2n) is 4.07. The van der Waals surface area contributed by atoms with Crippen LogP contribution >= 0.6 is 38.7 Å². The molecule has 2 rings (SSSR count). The van der Waals surface area contributed by atoms with Crippen molar-refractivity contribution in [3.63, 3.8) is 0 Å². The Bertz CT molecular complexity index is 120. The van der Waals surface area contributed by atoms with Gasteiger partial charge in [-0.05, 0) is 0 Å². The standard InChI is InChI=1S/C10H18N.2HI.Pt/c1-2-6-9(5-1)11-10-7-3-4-8-10;;;/h9-10H,1-8H2;2*1H;/q-1;;;+2/p-2. The molecule has 0 N–H and O–H groups in total. The topological polar surface area (TPSA) is 14.1 Å². The van der Waals surface area contributed by atoms with Crippen molar-refractivity contribution in [3.8, 4) is 0 Å². The fourth-order valence-corrected chi connectivity index (χ4v) is 2.40. The van der Waals surface area contributed by atoms with Gasteiger partial charge >= 0.3 is 49.9 Å². The van der Waals surface area contributed by atoms with Gasteiger partial charge in [0.15, 0.2) is 0 Å². The van der Waals surface area contributed by atoms with Crippen LogP contribution in [0.1, 0.15) is 51.4 Å². The van der Waals surface area contributed by atoms with Crippen LogP contribution in [0.3, 0.4) is 0 Å². The predicted molar refractivity (Wildman–Crippen MR) is 75.9 cm³/mol. The summed E-state index contributed by atoms with van der Waals surface area (Å²) >= 11 is 5.30. The SMILES string of the molecule is C1CCC([N-]C2CCCC2)C1.[I][Pt][I]. The second kappa shape index (κ2) is 9.17. The van der Waals surface area contributed by atoms with E-state index in [2.05, 4.69) is 38.7 Å². The van der Waals surface area contributed by atoms with Gasteiger partial charge in [-0.3, -0.25) is 0 Å². The summed E-state index contributed by atoms with van der Waals surface area (Å²) in [7, 11) is 0. The van der Waals surface area contributed by atoms with Gasteiger partial charge in [0.1, 0.15) is 0 Å². The van der Waals surface area contributed by atoms with Gasteiger partial charge in [-0.15, -0.1) is 12.1 Å². The first kappa shape index (κ1) is 14.2. The van der Waals surface area contributed by atoms with Gasteiger partial charge in [-0.1, -0.05) is 51.4 Å². The maximum atomic E-state index is 4.88. The van der Waals surface area contributed by atoms with Gasteiger partial charge in [0.05, 0.1) is 0 Å². The molecule has 0 spiro atoms. The van der Waals surface area contributed by atoms with Gasteiger partial charge in [0.2, 0.25) is 0 Å². The number of rotatable bonds is 2. The molecule has 2 aliphatic rings. The van der Waals surface area contributed by atoms with Crippen molar-refractivity contribution in [2.45, 2.75) is 63.5 Å². The van der Waals surface area contributed by atoms with Crippen LogP contribution in [0.5, 0.6) is 0 Å². The first-order valence-corrected chi connectivity index (χ1v) is 18.3. The summed E-state index contributed by atoms with van der Waals surface area (Å²) in [6.45, 7) is 0. The molecule has 0 aromatic carbocycles. The number of halogens is 2.